The summed E-state index contributed by atoms with van der Waals surface area (Å²) in [7, 11) is 0. The third-order valence-electron chi connectivity index (χ3n) is 4.05. The monoisotopic (exact) mass is 371 g/mol. The van der Waals surface area contributed by atoms with E-state index in [1.54, 1.807) is 30.0 Å². The van der Waals surface area contributed by atoms with Crippen LogP contribution in [0.3, 0.4) is 0 Å². The van der Waals surface area contributed by atoms with Crippen LogP contribution in [0, 0.1) is 0 Å². The maximum Gasteiger partial charge on any atom is 0.269 e. The van der Waals surface area contributed by atoms with Crippen molar-refractivity contribution in [2.45, 2.75) is 19.6 Å². The van der Waals surface area contributed by atoms with Crippen LogP contribution in [-0.2, 0) is 5.75 Å². The smallest absolute Gasteiger partial charge is 0.269 e. The zero-order valence-corrected chi connectivity index (χ0v) is 16.2. The van der Waals surface area contributed by atoms with E-state index in [-0.39, 0.29) is 11.8 Å². The van der Waals surface area contributed by atoms with Crippen LogP contribution in [0.1, 0.15) is 40.1 Å². The molecule has 0 unspecified atom stereocenters. The molecule has 0 bridgehead atoms. The number of carbonyl (C=O) groups excluding carboxylic acids is 2. The molecule has 0 saturated heterocycles. The predicted molar refractivity (Wildman–Crippen MR) is 109 cm³/mol. The zero-order chi connectivity index (χ0) is 18.9. The maximum atomic E-state index is 12.2. The second kappa shape index (κ2) is 9.87. The molecule has 0 aliphatic heterocycles. The summed E-state index contributed by atoms with van der Waals surface area (Å²) in [4.78, 5) is 26.6. The van der Waals surface area contributed by atoms with E-state index in [0.717, 1.165) is 30.1 Å². The number of thioether (sulfide) groups is 1. The molecule has 2 amide bonds. The molecule has 0 aliphatic rings. The first-order valence-corrected chi connectivity index (χ1v) is 10.0. The van der Waals surface area contributed by atoms with E-state index in [4.69, 9.17) is 0 Å². The van der Waals surface area contributed by atoms with Crippen molar-refractivity contribution >= 4 is 29.3 Å². The normalized spacial score (nSPS) is 10.3. The third-order valence-corrected chi connectivity index (χ3v) is 4.67. The van der Waals surface area contributed by atoms with Crippen LogP contribution in [0.2, 0.25) is 0 Å². The number of benzene rings is 2. The summed E-state index contributed by atoms with van der Waals surface area (Å²) in [5.74, 6) is 0.164. The molecule has 6 heteroatoms. The first-order valence-electron chi connectivity index (χ1n) is 8.62. The second-order valence-electron chi connectivity index (χ2n) is 5.76. The molecule has 5 nitrogen and oxygen atoms in total. The Balaban J connectivity index is 1.95. The summed E-state index contributed by atoms with van der Waals surface area (Å²) in [5, 5.41) is 0. The average Bonchev–Trinajstić information content (AvgIpc) is 2.68. The van der Waals surface area contributed by atoms with Gasteiger partial charge >= 0.3 is 0 Å². The van der Waals surface area contributed by atoms with E-state index < -0.39 is 0 Å². The van der Waals surface area contributed by atoms with Gasteiger partial charge in [-0.2, -0.15) is 11.8 Å². The Morgan fingerprint density at radius 2 is 1.54 bits per heavy atom. The highest BCUT2D eigenvalue weighted by molar-refractivity contribution is 7.97. The molecule has 0 fully saturated rings. The van der Waals surface area contributed by atoms with E-state index >= 15 is 0 Å². The lowest BCUT2D eigenvalue weighted by atomic mass is 10.1. The minimum Gasteiger partial charge on any atom is -0.372 e. The van der Waals surface area contributed by atoms with Crippen LogP contribution in [0.15, 0.2) is 48.5 Å². The Morgan fingerprint density at radius 1 is 0.923 bits per heavy atom. The van der Waals surface area contributed by atoms with Crippen LogP contribution in [-0.4, -0.2) is 31.2 Å². The first-order chi connectivity index (χ1) is 12.6. The fourth-order valence-electron chi connectivity index (χ4n) is 2.64. The molecule has 26 heavy (non-hydrogen) atoms. The van der Waals surface area contributed by atoms with Crippen molar-refractivity contribution < 1.29 is 9.59 Å². The van der Waals surface area contributed by atoms with Gasteiger partial charge in [0.2, 0.25) is 0 Å². The largest absolute Gasteiger partial charge is 0.372 e. The molecule has 2 aromatic carbocycles. The number of nitrogens with zero attached hydrogens (tertiary/aromatic N) is 1. The van der Waals surface area contributed by atoms with E-state index in [1.807, 2.05) is 36.6 Å². The Morgan fingerprint density at radius 3 is 2.12 bits per heavy atom. The van der Waals surface area contributed by atoms with Gasteiger partial charge in [0.25, 0.3) is 11.8 Å². The Kier molecular flexibility index (Phi) is 7.53. The highest BCUT2D eigenvalue weighted by Crippen LogP contribution is 2.15. The van der Waals surface area contributed by atoms with Crippen LogP contribution >= 0.6 is 11.8 Å². The van der Waals surface area contributed by atoms with Gasteiger partial charge in [0.1, 0.15) is 0 Å². The van der Waals surface area contributed by atoms with Gasteiger partial charge in [-0.3, -0.25) is 20.4 Å². The predicted octanol–water partition coefficient (Wildman–Crippen LogP) is 3.47. The standard InChI is InChI=1S/C20H25N3O2S/c1-4-23(5-2)18-11-9-16(10-12-18)19(24)21-22-20(25)17-8-6-7-15(13-17)14-26-3/h6-13H,4-5,14H2,1-3H3,(H,21,24)(H,22,25). The van der Waals surface area contributed by atoms with Gasteiger partial charge in [0.05, 0.1) is 0 Å². The van der Waals surface area contributed by atoms with Crippen LogP contribution in [0.4, 0.5) is 5.69 Å². The molecular formula is C20H25N3O2S. The summed E-state index contributed by atoms with van der Waals surface area (Å²) in [6.45, 7) is 6.00. The Labute approximate surface area is 159 Å². The number of hydrazine groups is 1. The molecule has 0 heterocycles. The molecular weight excluding hydrogens is 346 g/mol. The SMILES string of the molecule is CCN(CC)c1ccc(C(=O)NNC(=O)c2cccc(CSC)c2)cc1. The number of carbonyl (C=O) groups is 2. The summed E-state index contributed by atoms with van der Waals surface area (Å²) < 4.78 is 0. The molecule has 2 rings (SSSR count). The van der Waals surface area contributed by atoms with Crippen molar-refractivity contribution in [3.63, 3.8) is 0 Å². The molecule has 2 N–H and O–H groups in total. The van der Waals surface area contributed by atoms with E-state index in [0.29, 0.717) is 11.1 Å². The van der Waals surface area contributed by atoms with E-state index in [1.165, 1.54) is 0 Å². The number of hydrogen-bond donors (Lipinski definition) is 2. The van der Waals surface area contributed by atoms with Gasteiger partial charge < -0.3 is 4.90 Å². The highest BCUT2D eigenvalue weighted by atomic mass is 32.2. The van der Waals surface area contributed by atoms with Crippen LogP contribution in [0.25, 0.3) is 0 Å². The molecule has 0 saturated carbocycles. The van der Waals surface area contributed by atoms with Gasteiger partial charge in [0, 0.05) is 35.7 Å². The quantitative estimate of drug-likeness (QED) is 0.732. The molecule has 0 atom stereocenters. The van der Waals surface area contributed by atoms with E-state index in [2.05, 4.69) is 29.6 Å². The number of hydrogen-bond acceptors (Lipinski definition) is 4. The fraction of sp³-hybridized carbons (Fsp3) is 0.300. The average molecular weight is 372 g/mol. The molecule has 0 aromatic heterocycles. The molecule has 0 radical (unpaired) electrons. The lowest BCUT2D eigenvalue weighted by Crippen LogP contribution is -2.41. The van der Waals surface area contributed by atoms with Crippen molar-refractivity contribution in [2.24, 2.45) is 0 Å². The topological polar surface area (TPSA) is 61.4 Å². The lowest BCUT2D eigenvalue weighted by molar-refractivity contribution is 0.0846. The van der Waals surface area contributed by atoms with Crippen LogP contribution in [0.5, 0.6) is 0 Å². The number of nitrogens with one attached hydrogen (secondary N) is 2. The van der Waals surface area contributed by atoms with Gasteiger partial charge in [-0.05, 0) is 62.1 Å². The molecule has 2 aromatic rings. The minimum absolute atomic E-state index is 0.332. The van der Waals surface area contributed by atoms with Crippen LogP contribution < -0.4 is 15.8 Å². The summed E-state index contributed by atoms with van der Waals surface area (Å²) in [5.41, 5.74) is 8.10. The minimum atomic E-state index is -0.343. The molecule has 138 valence electrons. The first kappa shape index (κ1) is 19.8. The summed E-state index contributed by atoms with van der Waals surface area (Å²) in [6, 6.07) is 14.7. The highest BCUT2D eigenvalue weighted by Gasteiger charge is 2.10. The Hall–Kier alpha value is -2.47. The lowest BCUT2D eigenvalue weighted by Gasteiger charge is -2.21. The van der Waals surface area contributed by atoms with Crippen molar-refractivity contribution in [1.29, 1.82) is 0 Å². The summed E-state index contributed by atoms with van der Waals surface area (Å²) >= 11 is 1.69. The third kappa shape index (κ3) is 5.26. The molecule has 0 spiro atoms. The van der Waals surface area contributed by atoms with Crippen molar-refractivity contribution in [3.05, 3.63) is 65.2 Å². The fourth-order valence-corrected chi connectivity index (χ4v) is 3.15. The van der Waals surface area contributed by atoms with Crippen molar-refractivity contribution in [2.75, 3.05) is 24.2 Å². The molecule has 0 aliphatic carbocycles. The van der Waals surface area contributed by atoms with Gasteiger partial charge in [-0.1, -0.05) is 12.1 Å². The van der Waals surface area contributed by atoms with Crippen molar-refractivity contribution in [3.8, 4) is 0 Å². The van der Waals surface area contributed by atoms with Gasteiger partial charge in [0.15, 0.2) is 0 Å². The summed E-state index contributed by atoms with van der Waals surface area (Å²) in [6.07, 6.45) is 2.01. The Bertz CT molecular complexity index is 743. The zero-order valence-electron chi connectivity index (χ0n) is 15.4. The maximum absolute atomic E-state index is 12.2. The second-order valence-corrected chi connectivity index (χ2v) is 6.63. The van der Waals surface area contributed by atoms with Gasteiger partial charge in [-0.15, -0.1) is 0 Å². The number of amides is 2. The van der Waals surface area contributed by atoms with Crippen molar-refractivity contribution in [1.82, 2.24) is 10.9 Å². The van der Waals surface area contributed by atoms with E-state index in [9.17, 15) is 9.59 Å². The van der Waals surface area contributed by atoms with Gasteiger partial charge in [-0.25, -0.2) is 0 Å². The number of anilines is 1. The number of rotatable bonds is 7.